The summed E-state index contributed by atoms with van der Waals surface area (Å²) >= 11 is 10.9. The van der Waals surface area contributed by atoms with E-state index in [1.54, 1.807) is 6.55 Å². The van der Waals surface area contributed by atoms with Gasteiger partial charge in [-0.05, 0) is 6.55 Å². The van der Waals surface area contributed by atoms with Crippen LogP contribution in [0.5, 0.6) is 0 Å². The molecule has 0 aromatic rings. The highest BCUT2D eigenvalue weighted by atomic mass is 35.7. The summed E-state index contributed by atoms with van der Waals surface area (Å²) in [5.74, 6) is 0. The van der Waals surface area contributed by atoms with Crippen molar-refractivity contribution in [1.82, 2.24) is 0 Å². The van der Waals surface area contributed by atoms with Crippen molar-refractivity contribution in [3.63, 3.8) is 0 Å². The quantitative estimate of drug-likeness (QED) is 0.297. The van der Waals surface area contributed by atoms with Crippen molar-refractivity contribution >= 4 is 28.9 Å². The minimum Gasteiger partial charge on any atom is -0.135 e. The summed E-state index contributed by atoms with van der Waals surface area (Å²) < 4.78 is 0. The fourth-order valence-corrected chi connectivity index (χ4v) is 0. The second-order valence-electron chi connectivity index (χ2n) is 1.12. The van der Waals surface area contributed by atoms with Gasteiger partial charge in [0.2, 0.25) is 0 Å². The third kappa shape index (κ3) is 4.45. The second kappa shape index (κ2) is 1.94. The van der Waals surface area contributed by atoms with Gasteiger partial charge in [0.25, 0.3) is 0 Å². The molecule has 0 atom stereocenters. The number of hydrogen-bond donors (Lipinski definition) is 0. The molecule has 0 aliphatic carbocycles. The number of halogens is 2. The maximum atomic E-state index is 5.44. The molecule has 0 bridgehead atoms. The number of rotatable bonds is 1. The van der Waals surface area contributed by atoms with E-state index in [2.05, 4.69) is 0 Å². The van der Waals surface area contributed by atoms with Gasteiger partial charge in [0, 0.05) is 0 Å². The summed E-state index contributed by atoms with van der Waals surface area (Å²) in [4.78, 5) is 0. The van der Waals surface area contributed by atoms with Gasteiger partial charge in [0.15, 0.2) is 12.3 Å². The first-order chi connectivity index (χ1) is 2.56. The van der Waals surface area contributed by atoms with Crippen LogP contribution in [-0.2, 0) is 0 Å². The third-order valence-corrected chi connectivity index (χ3v) is 1.63. The third-order valence-electron chi connectivity index (χ3n) is 0.293. The Balaban J connectivity index is 3.45. The summed E-state index contributed by atoms with van der Waals surface area (Å²) in [7, 11) is 0. The van der Waals surface area contributed by atoms with Gasteiger partial charge in [-0.3, -0.25) is 0 Å². The predicted molar refractivity (Wildman–Crippen MR) is 32.2 cm³/mol. The van der Waals surface area contributed by atoms with Crippen molar-refractivity contribution in [2.24, 2.45) is 0 Å². The zero-order valence-corrected chi connectivity index (χ0v) is 5.92. The van der Waals surface area contributed by atoms with E-state index in [0.717, 1.165) is 0 Å². The Kier molecular flexibility index (Phi) is 2.09. The Morgan fingerprint density at radius 1 is 1.67 bits per heavy atom. The van der Waals surface area contributed by atoms with Crippen molar-refractivity contribution in [1.29, 1.82) is 0 Å². The fourth-order valence-electron chi connectivity index (χ4n) is 0. The van der Waals surface area contributed by atoms with Crippen LogP contribution in [0.3, 0.4) is 0 Å². The van der Waals surface area contributed by atoms with E-state index in [1.165, 1.54) is 5.70 Å². The average Bonchev–Trinajstić information content (AvgIpc) is 1.35. The van der Waals surface area contributed by atoms with E-state index in [9.17, 15) is 0 Å². The molecular formula is C3H5Cl2Si+. The minimum absolute atomic E-state index is 1.36. The smallest absolute Gasteiger partial charge is 0.135 e. The summed E-state index contributed by atoms with van der Waals surface area (Å²) in [5, 5.41) is 0. The Labute approximate surface area is 48.2 Å². The van der Waals surface area contributed by atoms with E-state index in [4.69, 9.17) is 28.7 Å². The zero-order valence-electron chi connectivity index (χ0n) is 3.41. The molecule has 3 heteroatoms. The maximum absolute atomic E-state index is 5.44. The van der Waals surface area contributed by atoms with E-state index in [0.29, 0.717) is 0 Å². The number of hydrogen-bond acceptors (Lipinski definition) is 0. The van der Waals surface area contributed by atoms with Crippen LogP contribution in [0.2, 0.25) is 6.55 Å². The molecule has 0 N–H and O–H groups in total. The van der Waals surface area contributed by atoms with Crippen LogP contribution in [0.1, 0.15) is 0 Å². The van der Waals surface area contributed by atoms with Gasteiger partial charge < -0.3 is 0 Å². The van der Waals surface area contributed by atoms with Crippen LogP contribution in [0.4, 0.5) is 0 Å². The summed E-state index contributed by atoms with van der Waals surface area (Å²) in [6, 6.07) is 0. The molecule has 6 heavy (non-hydrogen) atoms. The topological polar surface area (TPSA) is 0 Å². The molecule has 0 aromatic carbocycles. The van der Waals surface area contributed by atoms with Crippen molar-refractivity contribution in [2.75, 3.05) is 0 Å². The van der Waals surface area contributed by atoms with Gasteiger partial charge >= 0.3 is 6.69 Å². The van der Waals surface area contributed by atoms with Crippen molar-refractivity contribution in [2.45, 2.75) is 6.55 Å². The molecule has 0 fully saturated rings. The lowest BCUT2D eigenvalue weighted by Crippen LogP contribution is -2.05. The molecule has 0 saturated heterocycles. The molecule has 34 valence electrons. The molecule has 0 heterocycles. The van der Waals surface area contributed by atoms with Crippen LogP contribution in [0.25, 0.3) is 0 Å². The molecule has 0 amide bonds. The highest BCUT2D eigenvalue weighted by molar-refractivity contribution is 7.47. The summed E-state index contributed by atoms with van der Waals surface area (Å²) in [6.07, 6.45) is 0. The van der Waals surface area contributed by atoms with Crippen LogP contribution in [0.15, 0.2) is 5.70 Å². The van der Waals surface area contributed by atoms with E-state index in [-0.39, 0.29) is 0 Å². The zero-order chi connectivity index (χ0) is 5.21. The minimum atomic E-state index is -2.03. The Bertz CT molecular complexity index is 54.3. The van der Waals surface area contributed by atoms with Crippen molar-refractivity contribution in [3.05, 3.63) is 12.3 Å². The molecule has 0 radical (unpaired) electrons. The normalized spacial score (nSPS) is 11.0. The summed E-state index contributed by atoms with van der Waals surface area (Å²) in [5.41, 5.74) is 1.36. The lowest BCUT2D eigenvalue weighted by Gasteiger charge is -1.89. The van der Waals surface area contributed by atoms with Gasteiger partial charge in [-0.2, -0.15) is 0 Å². The second-order valence-corrected chi connectivity index (χ2v) is 8.66. The Morgan fingerprint density at radius 2 is 1.83 bits per heavy atom. The first kappa shape index (κ1) is 6.45. The van der Waals surface area contributed by atoms with Gasteiger partial charge in [-0.25, -0.2) is 0 Å². The van der Waals surface area contributed by atoms with Crippen LogP contribution in [0, 0.1) is 6.58 Å². The van der Waals surface area contributed by atoms with Crippen LogP contribution in [-0.4, -0.2) is 6.69 Å². The average molecular weight is 140 g/mol. The van der Waals surface area contributed by atoms with E-state index in [1.807, 2.05) is 0 Å². The first-order valence-corrected chi connectivity index (χ1v) is 6.10. The van der Waals surface area contributed by atoms with Crippen LogP contribution < -0.4 is 0 Å². The highest BCUT2D eigenvalue weighted by Gasteiger charge is 2.20. The van der Waals surface area contributed by atoms with Gasteiger partial charge in [-0.15, -0.1) is 22.2 Å². The Hall–Kier alpha value is 0.447. The predicted octanol–water partition coefficient (Wildman–Crippen LogP) is 2.06. The lowest BCUT2D eigenvalue weighted by atomic mass is 11.3. The molecule has 0 aromatic heterocycles. The molecule has 0 rings (SSSR count). The highest BCUT2D eigenvalue weighted by Crippen LogP contribution is 2.12. The summed E-state index contributed by atoms with van der Waals surface area (Å²) in [6.45, 7) is 4.68. The van der Waals surface area contributed by atoms with E-state index < -0.39 is 6.69 Å². The van der Waals surface area contributed by atoms with Crippen molar-refractivity contribution < 1.29 is 0 Å². The maximum Gasteiger partial charge on any atom is 0.327 e. The molecule has 0 unspecified atom stereocenters. The molecule has 0 aliphatic heterocycles. The van der Waals surface area contributed by atoms with Crippen molar-refractivity contribution in [3.8, 4) is 0 Å². The fraction of sp³-hybridized carbons (Fsp3) is 0.333. The van der Waals surface area contributed by atoms with Crippen LogP contribution >= 0.6 is 22.2 Å². The van der Waals surface area contributed by atoms with Gasteiger partial charge in [0.05, 0.1) is 0 Å². The molecular weight excluding hydrogens is 135 g/mol. The van der Waals surface area contributed by atoms with Gasteiger partial charge in [0.1, 0.15) is 0 Å². The largest absolute Gasteiger partial charge is 0.327 e. The van der Waals surface area contributed by atoms with E-state index >= 15 is 0 Å². The molecule has 0 saturated carbocycles. The lowest BCUT2D eigenvalue weighted by molar-refractivity contribution is 2.17. The molecule has 0 aliphatic rings. The Morgan fingerprint density at radius 3 is 1.83 bits per heavy atom. The standard InChI is InChI=1S/C3H5Cl2Si/c1-3-6(2,4)5/h1,3H,2H3/q+1. The first-order valence-electron chi connectivity index (χ1n) is 1.50. The molecule has 0 spiro atoms. The molecule has 0 nitrogen and oxygen atoms in total. The van der Waals surface area contributed by atoms with Gasteiger partial charge in [-0.1, -0.05) is 0 Å². The SMILES string of the molecule is [CH+]=C[Si](C)(Cl)Cl. The monoisotopic (exact) mass is 139 g/mol.